The van der Waals surface area contributed by atoms with Gasteiger partial charge in [0, 0.05) is 39.9 Å². The molecule has 29 heavy (non-hydrogen) atoms. The molecule has 0 bridgehead atoms. The number of amides is 1. The molecule has 9 nitrogen and oxygen atoms in total. The van der Waals surface area contributed by atoms with Crippen LogP contribution in [0, 0.1) is 0 Å². The number of benzene rings is 1. The highest BCUT2D eigenvalue weighted by Gasteiger charge is 2.16. The minimum absolute atomic E-state index is 0.00364. The summed E-state index contributed by atoms with van der Waals surface area (Å²) in [6.45, 7) is 1.76. The first-order valence-electron chi connectivity index (χ1n) is 8.81. The minimum atomic E-state index is -0.126. The molecule has 0 fully saturated rings. The highest BCUT2D eigenvalue weighted by Crippen LogP contribution is 2.34. The number of hydrogen-bond donors (Lipinski definition) is 1. The van der Waals surface area contributed by atoms with Crippen LogP contribution in [0.2, 0.25) is 10.0 Å². The van der Waals surface area contributed by atoms with Crippen molar-refractivity contribution in [3.05, 3.63) is 28.2 Å². The lowest BCUT2D eigenvalue weighted by molar-refractivity contribution is -0.135. The molecule has 0 radical (unpaired) electrons. The van der Waals surface area contributed by atoms with E-state index in [2.05, 4.69) is 15.2 Å². The first-order valence-corrected chi connectivity index (χ1v) is 9.57. The molecule has 0 saturated heterocycles. The Morgan fingerprint density at radius 2 is 1.93 bits per heavy atom. The number of likely N-dealkylation sites (N-methyl/N-ethyl adjacent to an activating group) is 2. The molecule has 0 atom stereocenters. The van der Waals surface area contributed by atoms with Crippen molar-refractivity contribution in [1.29, 1.82) is 0 Å². The zero-order valence-corrected chi connectivity index (χ0v) is 18.1. The van der Waals surface area contributed by atoms with Crippen LogP contribution in [0.4, 0.5) is 11.8 Å². The first-order chi connectivity index (χ1) is 13.8. The molecule has 0 saturated carbocycles. The average molecular weight is 443 g/mol. The number of rotatable bonds is 10. The van der Waals surface area contributed by atoms with Gasteiger partial charge in [0.1, 0.15) is 12.3 Å². The molecule has 1 aromatic heterocycles. The van der Waals surface area contributed by atoms with Crippen molar-refractivity contribution in [3.63, 3.8) is 0 Å². The monoisotopic (exact) mass is 442 g/mol. The highest BCUT2D eigenvalue weighted by atomic mass is 35.5. The second kappa shape index (κ2) is 11.1. The molecule has 0 aliphatic carbocycles. The van der Waals surface area contributed by atoms with Crippen LogP contribution in [-0.4, -0.2) is 80.1 Å². The number of anilines is 2. The molecule has 158 valence electrons. The third-order valence-corrected chi connectivity index (χ3v) is 4.92. The Balaban J connectivity index is 1.96. The number of aromatic nitrogens is 3. The summed E-state index contributed by atoms with van der Waals surface area (Å²) in [6, 6.07) is 5.17. The van der Waals surface area contributed by atoms with E-state index in [1.165, 1.54) is 0 Å². The number of nitrogen functional groups attached to an aromatic ring is 1. The SMILES string of the molecule is COCCOCC(=O)N(C)CCN(C)c1nnc(-c2cccc(Cl)c2Cl)c(N)n1. The summed E-state index contributed by atoms with van der Waals surface area (Å²) in [5.74, 6) is 0.391. The zero-order chi connectivity index (χ0) is 21.4. The van der Waals surface area contributed by atoms with Crippen molar-refractivity contribution in [2.45, 2.75) is 0 Å². The van der Waals surface area contributed by atoms with Gasteiger partial charge in [-0.2, -0.15) is 4.98 Å². The van der Waals surface area contributed by atoms with E-state index in [4.69, 9.17) is 38.4 Å². The number of ether oxygens (including phenoxy) is 2. The minimum Gasteiger partial charge on any atom is -0.382 e. The quantitative estimate of drug-likeness (QED) is 0.556. The Morgan fingerprint density at radius 1 is 1.17 bits per heavy atom. The summed E-state index contributed by atoms with van der Waals surface area (Å²) >= 11 is 12.3. The fraction of sp³-hybridized carbons (Fsp3) is 0.444. The molecule has 0 aliphatic heterocycles. The fourth-order valence-electron chi connectivity index (χ4n) is 2.31. The Morgan fingerprint density at radius 3 is 2.62 bits per heavy atom. The van der Waals surface area contributed by atoms with Crippen LogP contribution in [-0.2, 0) is 14.3 Å². The van der Waals surface area contributed by atoms with Gasteiger partial charge in [0.05, 0.1) is 23.3 Å². The van der Waals surface area contributed by atoms with Gasteiger partial charge in [-0.1, -0.05) is 35.3 Å². The fourth-order valence-corrected chi connectivity index (χ4v) is 2.70. The smallest absolute Gasteiger partial charge is 0.248 e. The van der Waals surface area contributed by atoms with E-state index in [1.807, 2.05) is 0 Å². The van der Waals surface area contributed by atoms with Gasteiger partial charge in [-0.15, -0.1) is 10.2 Å². The van der Waals surface area contributed by atoms with Gasteiger partial charge < -0.3 is 25.0 Å². The molecular formula is C18H24Cl2N6O3. The van der Waals surface area contributed by atoms with E-state index < -0.39 is 0 Å². The standard InChI is InChI=1S/C18H24Cl2N6O3/c1-25(14(27)11-29-10-9-28-3)7-8-26(2)18-22-17(21)16(23-24-18)12-5-4-6-13(19)15(12)20/h4-6H,7-11H2,1-3H3,(H2,21,22,24). The maximum Gasteiger partial charge on any atom is 0.248 e. The molecule has 0 spiro atoms. The lowest BCUT2D eigenvalue weighted by Gasteiger charge is -2.22. The van der Waals surface area contributed by atoms with E-state index in [0.29, 0.717) is 53.6 Å². The molecular weight excluding hydrogens is 419 g/mol. The van der Waals surface area contributed by atoms with Crippen LogP contribution < -0.4 is 10.6 Å². The summed E-state index contributed by atoms with van der Waals surface area (Å²) in [7, 11) is 5.07. The second-order valence-corrected chi connectivity index (χ2v) is 7.01. The second-order valence-electron chi connectivity index (χ2n) is 6.23. The molecule has 2 aromatic rings. The molecule has 1 heterocycles. The van der Waals surface area contributed by atoms with Crippen molar-refractivity contribution in [1.82, 2.24) is 20.1 Å². The zero-order valence-electron chi connectivity index (χ0n) is 16.6. The van der Waals surface area contributed by atoms with Gasteiger partial charge in [-0.3, -0.25) is 4.79 Å². The van der Waals surface area contributed by atoms with Crippen molar-refractivity contribution in [3.8, 4) is 11.3 Å². The maximum absolute atomic E-state index is 12.0. The normalized spacial score (nSPS) is 10.8. The molecule has 0 aliphatic rings. The van der Waals surface area contributed by atoms with Crippen LogP contribution in [0.25, 0.3) is 11.3 Å². The van der Waals surface area contributed by atoms with Crippen molar-refractivity contribution in [2.75, 3.05) is 64.7 Å². The Bertz CT molecular complexity index is 839. The lowest BCUT2D eigenvalue weighted by atomic mass is 10.1. The van der Waals surface area contributed by atoms with Crippen LogP contribution in [0.3, 0.4) is 0 Å². The summed E-state index contributed by atoms with van der Waals surface area (Å²) in [6.07, 6.45) is 0. The third kappa shape index (κ3) is 6.40. The largest absolute Gasteiger partial charge is 0.382 e. The molecule has 2 N–H and O–H groups in total. The number of hydrogen-bond acceptors (Lipinski definition) is 8. The van der Waals surface area contributed by atoms with Crippen LogP contribution in [0.15, 0.2) is 18.2 Å². The third-order valence-electron chi connectivity index (χ3n) is 4.10. The van der Waals surface area contributed by atoms with E-state index in [-0.39, 0.29) is 18.3 Å². The highest BCUT2D eigenvalue weighted by molar-refractivity contribution is 6.43. The van der Waals surface area contributed by atoms with E-state index in [1.54, 1.807) is 49.2 Å². The van der Waals surface area contributed by atoms with Crippen molar-refractivity contribution < 1.29 is 14.3 Å². The molecule has 0 unspecified atom stereocenters. The van der Waals surface area contributed by atoms with Crippen LogP contribution in [0.1, 0.15) is 0 Å². The van der Waals surface area contributed by atoms with Crippen LogP contribution in [0.5, 0.6) is 0 Å². The summed E-state index contributed by atoms with van der Waals surface area (Å²) in [5, 5.41) is 9.01. The van der Waals surface area contributed by atoms with Gasteiger partial charge in [-0.05, 0) is 6.07 Å². The number of nitrogens with zero attached hydrogens (tertiary/aromatic N) is 5. The van der Waals surface area contributed by atoms with Gasteiger partial charge in [0.25, 0.3) is 0 Å². The van der Waals surface area contributed by atoms with Gasteiger partial charge in [0.15, 0.2) is 5.82 Å². The molecule has 2 rings (SSSR count). The van der Waals surface area contributed by atoms with Crippen molar-refractivity contribution in [2.24, 2.45) is 0 Å². The Labute approximate surface area is 179 Å². The Kier molecular flexibility index (Phi) is 8.84. The predicted octanol–water partition coefficient (Wildman–Crippen LogP) is 1.99. The maximum atomic E-state index is 12.0. The summed E-state index contributed by atoms with van der Waals surface area (Å²) < 4.78 is 10.1. The Hall–Kier alpha value is -2.20. The summed E-state index contributed by atoms with van der Waals surface area (Å²) in [5.41, 5.74) is 6.98. The number of halogens is 2. The van der Waals surface area contributed by atoms with E-state index in [0.717, 1.165) is 0 Å². The number of methoxy groups -OCH3 is 1. The van der Waals surface area contributed by atoms with Gasteiger partial charge in [-0.25, -0.2) is 0 Å². The summed E-state index contributed by atoms with van der Waals surface area (Å²) in [4.78, 5) is 19.6. The number of carbonyl (C=O) groups excluding carboxylic acids is 1. The lowest BCUT2D eigenvalue weighted by Crippen LogP contribution is -2.37. The topological polar surface area (TPSA) is 107 Å². The molecule has 1 amide bonds. The first kappa shape index (κ1) is 23.1. The molecule has 1 aromatic carbocycles. The van der Waals surface area contributed by atoms with Crippen LogP contribution >= 0.6 is 23.2 Å². The number of nitrogens with two attached hydrogens (primary N) is 1. The van der Waals surface area contributed by atoms with E-state index >= 15 is 0 Å². The number of carbonyl (C=O) groups is 1. The van der Waals surface area contributed by atoms with Gasteiger partial charge in [0.2, 0.25) is 11.9 Å². The van der Waals surface area contributed by atoms with Gasteiger partial charge >= 0.3 is 0 Å². The van der Waals surface area contributed by atoms with E-state index in [9.17, 15) is 4.79 Å². The van der Waals surface area contributed by atoms with Crippen molar-refractivity contribution >= 4 is 40.9 Å². The molecule has 11 heteroatoms. The predicted molar refractivity (Wildman–Crippen MR) is 113 cm³/mol. The average Bonchev–Trinajstić information content (AvgIpc) is 2.71.